The molecule has 1 fully saturated rings. The number of benzene rings is 1. The summed E-state index contributed by atoms with van der Waals surface area (Å²) in [5, 5.41) is 14.0. The van der Waals surface area contributed by atoms with Gasteiger partial charge in [0.15, 0.2) is 0 Å². The number of nitro benzene ring substituents is 1. The maximum atomic E-state index is 12.3. The first-order chi connectivity index (χ1) is 10.2. The second kappa shape index (κ2) is 6.61. The van der Waals surface area contributed by atoms with Crippen molar-refractivity contribution in [3.63, 3.8) is 0 Å². The molecule has 1 aliphatic rings. The highest BCUT2D eigenvalue weighted by Gasteiger charge is 2.29. The predicted molar refractivity (Wildman–Crippen MR) is 86.2 cm³/mol. The van der Waals surface area contributed by atoms with Gasteiger partial charge in [0.1, 0.15) is 0 Å². The number of nitrogens with one attached hydrogen (secondary N) is 2. The van der Waals surface area contributed by atoms with Crippen molar-refractivity contribution in [2.24, 2.45) is 5.41 Å². The highest BCUT2D eigenvalue weighted by atomic mass is 79.9. The fraction of sp³-hybridized carbons (Fsp3) is 0.538. The lowest BCUT2D eigenvalue weighted by Gasteiger charge is -2.34. The quantitative estimate of drug-likeness (QED) is 0.590. The number of halogens is 1. The molecule has 0 saturated carbocycles. The Kier molecular flexibility index (Phi) is 5.21. The molecule has 9 heteroatoms. The van der Waals surface area contributed by atoms with Crippen molar-refractivity contribution in [3.8, 4) is 0 Å². The number of piperidine rings is 1. The van der Waals surface area contributed by atoms with E-state index in [0.717, 1.165) is 25.9 Å². The Hall–Kier alpha value is -1.03. The largest absolute Gasteiger partial charge is 0.317 e. The first-order valence-corrected chi connectivity index (χ1v) is 9.15. The van der Waals surface area contributed by atoms with Crippen LogP contribution in [0.3, 0.4) is 0 Å². The van der Waals surface area contributed by atoms with Crippen molar-refractivity contribution in [2.45, 2.75) is 24.7 Å². The van der Waals surface area contributed by atoms with Gasteiger partial charge in [-0.3, -0.25) is 10.1 Å². The van der Waals surface area contributed by atoms with Crippen molar-refractivity contribution >= 4 is 31.6 Å². The Morgan fingerprint density at radius 1 is 1.41 bits per heavy atom. The molecule has 0 radical (unpaired) electrons. The minimum atomic E-state index is -3.69. The van der Waals surface area contributed by atoms with Crippen LogP contribution in [-0.2, 0) is 10.0 Å². The highest BCUT2D eigenvalue weighted by molar-refractivity contribution is 9.10. The van der Waals surface area contributed by atoms with Gasteiger partial charge in [-0.05, 0) is 59.4 Å². The molecular weight excluding hydrogens is 374 g/mol. The molecule has 122 valence electrons. The van der Waals surface area contributed by atoms with Crippen LogP contribution in [-0.4, -0.2) is 33.0 Å². The topological polar surface area (TPSA) is 101 Å². The van der Waals surface area contributed by atoms with Crippen LogP contribution in [0.25, 0.3) is 0 Å². The van der Waals surface area contributed by atoms with Gasteiger partial charge in [-0.2, -0.15) is 0 Å². The van der Waals surface area contributed by atoms with Gasteiger partial charge in [0.2, 0.25) is 10.0 Å². The van der Waals surface area contributed by atoms with E-state index in [1.54, 1.807) is 0 Å². The molecule has 1 aromatic rings. The molecule has 2 rings (SSSR count). The van der Waals surface area contributed by atoms with Gasteiger partial charge in [0, 0.05) is 12.6 Å². The predicted octanol–water partition coefficient (Wildman–Crippen LogP) is 2.03. The lowest BCUT2D eigenvalue weighted by Crippen LogP contribution is -2.42. The van der Waals surface area contributed by atoms with Crippen molar-refractivity contribution in [2.75, 3.05) is 19.6 Å². The molecule has 0 bridgehead atoms. The Bertz CT molecular complexity index is 672. The van der Waals surface area contributed by atoms with Crippen molar-refractivity contribution in [3.05, 3.63) is 32.8 Å². The number of nitrogens with zero attached hydrogens (tertiary/aromatic N) is 1. The molecule has 0 unspecified atom stereocenters. The lowest BCUT2D eigenvalue weighted by molar-refractivity contribution is -0.385. The van der Waals surface area contributed by atoms with E-state index in [1.165, 1.54) is 18.2 Å². The van der Waals surface area contributed by atoms with Gasteiger partial charge >= 0.3 is 0 Å². The van der Waals surface area contributed by atoms with Gasteiger partial charge in [-0.15, -0.1) is 0 Å². The average molecular weight is 392 g/mol. The summed E-state index contributed by atoms with van der Waals surface area (Å²) in [6.07, 6.45) is 1.80. The number of sulfonamides is 1. The van der Waals surface area contributed by atoms with Crippen molar-refractivity contribution < 1.29 is 13.3 Å². The first kappa shape index (κ1) is 17.3. The van der Waals surface area contributed by atoms with E-state index >= 15 is 0 Å². The maximum Gasteiger partial charge on any atom is 0.283 e. The zero-order valence-electron chi connectivity index (χ0n) is 12.1. The van der Waals surface area contributed by atoms with Gasteiger partial charge < -0.3 is 5.32 Å². The summed E-state index contributed by atoms with van der Waals surface area (Å²) in [7, 11) is -3.69. The molecule has 1 aromatic carbocycles. The van der Waals surface area contributed by atoms with Crippen LogP contribution in [0.5, 0.6) is 0 Å². The maximum absolute atomic E-state index is 12.3. The Balaban J connectivity index is 2.13. The van der Waals surface area contributed by atoms with Crippen LogP contribution in [0.15, 0.2) is 27.6 Å². The van der Waals surface area contributed by atoms with E-state index in [4.69, 9.17) is 0 Å². The standard InChI is InChI=1S/C13H18BrN3O4S/c1-13(4-6-15-7-5-13)9-16-22(20,21)10-2-3-12(17(18)19)11(14)8-10/h2-3,8,15-16H,4-7,9H2,1H3. The molecule has 1 saturated heterocycles. The highest BCUT2D eigenvalue weighted by Crippen LogP contribution is 2.29. The van der Waals surface area contributed by atoms with Crippen molar-refractivity contribution in [1.29, 1.82) is 0 Å². The van der Waals surface area contributed by atoms with Gasteiger partial charge in [-0.25, -0.2) is 13.1 Å². The number of hydrogen-bond acceptors (Lipinski definition) is 5. The molecule has 7 nitrogen and oxygen atoms in total. The molecule has 22 heavy (non-hydrogen) atoms. The fourth-order valence-electron chi connectivity index (χ4n) is 2.36. The summed E-state index contributed by atoms with van der Waals surface area (Å²) < 4.78 is 27.4. The zero-order chi connectivity index (χ0) is 16.4. The van der Waals surface area contributed by atoms with Crippen LogP contribution in [0.4, 0.5) is 5.69 Å². The second-order valence-corrected chi connectivity index (χ2v) is 8.38. The minimum absolute atomic E-state index is 0.0162. The monoisotopic (exact) mass is 391 g/mol. The molecule has 0 aromatic heterocycles. The second-order valence-electron chi connectivity index (χ2n) is 5.76. The van der Waals surface area contributed by atoms with Crippen LogP contribution < -0.4 is 10.0 Å². The van der Waals surface area contributed by atoms with E-state index in [-0.39, 0.29) is 20.5 Å². The van der Waals surface area contributed by atoms with Crippen LogP contribution in [0.2, 0.25) is 0 Å². The lowest BCUT2D eigenvalue weighted by atomic mass is 9.81. The summed E-state index contributed by atoms with van der Waals surface area (Å²) in [6.45, 7) is 4.16. The van der Waals surface area contributed by atoms with Crippen LogP contribution >= 0.6 is 15.9 Å². The van der Waals surface area contributed by atoms with Crippen molar-refractivity contribution in [1.82, 2.24) is 10.0 Å². The third kappa shape index (κ3) is 4.03. The number of rotatable bonds is 5. The van der Waals surface area contributed by atoms with E-state index < -0.39 is 14.9 Å². The van der Waals surface area contributed by atoms with Gasteiger partial charge in [0.05, 0.1) is 14.3 Å². The summed E-state index contributed by atoms with van der Waals surface area (Å²) in [5.74, 6) is 0. The minimum Gasteiger partial charge on any atom is -0.317 e. The molecule has 1 heterocycles. The van der Waals surface area contributed by atoms with Crippen LogP contribution in [0, 0.1) is 15.5 Å². The summed E-state index contributed by atoms with van der Waals surface area (Å²) >= 11 is 3.04. The SMILES string of the molecule is CC1(CNS(=O)(=O)c2ccc([N+](=O)[O-])c(Br)c2)CCNCC1. The fourth-order valence-corrected chi connectivity index (χ4v) is 4.26. The van der Waals surface area contributed by atoms with E-state index in [2.05, 4.69) is 32.9 Å². The smallest absolute Gasteiger partial charge is 0.283 e. The van der Waals surface area contributed by atoms with E-state index in [1.807, 2.05) is 0 Å². The third-order valence-corrected chi connectivity index (χ3v) is 5.96. The third-order valence-electron chi connectivity index (χ3n) is 3.93. The molecule has 0 amide bonds. The summed E-state index contributed by atoms with van der Waals surface area (Å²) in [4.78, 5) is 10.2. The van der Waals surface area contributed by atoms with E-state index in [0.29, 0.717) is 6.54 Å². The van der Waals surface area contributed by atoms with Crippen LogP contribution in [0.1, 0.15) is 19.8 Å². The Morgan fingerprint density at radius 2 is 2.05 bits per heavy atom. The Morgan fingerprint density at radius 3 is 2.59 bits per heavy atom. The molecule has 1 aliphatic heterocycles. The van der Waals surface area contributed by atoms with Gasteiger partial charge in [-0.1, -0.05) is 6.92 Å². The number of nitro groups is 1. The summed E-state index contributed by atoms with van der Waals surface area (Å²) in [5.41, 5.74) is -0.236. The molecule has 0 aliphatic carbocycles. The molecule has 2 N–H and O–H groups in total. The van der Waals surface area contributed by atoms with E-state index in [9.17, 15) is 18.5 Å². The number of hydrogen-bond donors (Lipinski definition) is 2. The molecular formula is C13H18BrN3O4S. The van der Waals surface area contributed by atoms with Gasteiger partial charge in [0.25, 0.3) is 5.69 Å². The molecule has 0 spiro atoms. The molecule has 0 atom stereocenters. The zero-order valence-corrected chi connectivity index (χ0v) is 14.5. The first-order valence-electron chi connectivity index (χ1n) is 6.88. The average Bonchev–Trinajstić information content (AvgIpc) is 2.46. The normalized spacial score (nSPS) is 18.1. The summed E-state index contributed by atoms with van der Waals surface area (Å²) in [6, 6.07) is 3.69. The Labute approximate surface area is 137 Å².